The summed E-state index contributed by atoms with van der Waals surface area (Å²) >= 11 is 0. The van der Waals surface area contributed by atoms with Gasteiger partial charge in [-0.25, -0.2) is 4.98 Å². The molecule has 106 valence electrons. The molecular formula is C15H26N4. The molecule has 0 amide bonds. The van der Waals surface area contributed by atoms with E-state index in [9.17, 15) is 0 Å². The van der Waals surface area contributed by atoms with Crippen molar-refractivity contribution in [2.24, 2.45) is 0 Å². The molecule has 1 N–H and O–H groups in total. The van der Waals surface area contributed by atoms with Crippen molar-refractivity contribution in [1.29, 1.82) is 0 Å². The van der Waals surface area contributed by atoms with E-state index < -0.39 is 0 Å². The molecule has 0 aromatic carbocycles. The van der Waals surface area contributed by atoms with Crippen molar-refractivity contribution in [1.82, 2.24) is 14.9 Å². The number of nitrogens with one attached hydrogen (secondary N) is 1. The molecule has 1 aliphatic heterocycles. The van der Waals surface area contributed by atoms with Crippen molar-refractivity contribution in [3.8, 4) is 0 Å². The first-order chi connectivity index (χ1) is 9.38. The predicted octanol–water partition coefficient (Wildman–Crippen LogP) is 2.58. The van der Waals surface area contributed by atoms with E-state index in [1.54, 1.807) is 0 Å². The summed E-state index contributed by atoms with van der Waals surface area (Å²) in [5, 5.41) is 3.42. The number of nitrogens with zero attached hydrogens (tertiary/aromatic N) is 3. The third kappa shape index (κ3) is 2.78. The molecule has 1 aromatic rings. The molecule has 2 fully saturated rings. The second kappa shape index (κ2) is 5.95. The van der Waals surface area contributed by atoms with Gasteiger partial charge in [-0.1, -0.05) is 19.3 Å². The van der Waals surface area contributed by atoms with Gasteiger partial charge in [0.25, 0.3) is 0 Å². The van der Waals surface area contributed by atoms with E-state index in [-0.39, 0.29) is 0 Å². The molecule has 2 aliphatic rings. The molecule has 1 aromatic heterocycles. The Balaban J connectivity index is 1.75. The summed E-state index contributed by atoms with van der Waals surface area (Å²) in [5.74, 6) is 1.20. The molecule has 19 heavy (non-hydrogen) atoms. The highest BCUT2D eigenvalue weighted by Crippen LogP contribution is 2.31. The minimum atomic E-state index is 0.616. The molecular weight excluding hydrogens is 236 g/mol. The van der Waals surface area contributed by atoms with Gasteiger partial charge in [-0.3, -0.25) is 0 Å². The van der Waals surface area contributed by atoms with E-state index in [2.05, 4.69) is 33.0 Å². The fraction of sp³-hybridized carbons (Fsp3) is 0.800. The third-order valence-corrected chi connectivity index (χ3v) is 4.73. The van der Waals surface area contributed by atoms with Crippen LogP contribution in [0, 0.1) is 0 Å². The van der Waals surface area contributed by atoms with Crippen LogP contribution in [0.25, 0.3) is 0 Å². The van der Waals surface area contributed by atoms with Crippen LogP contribution in [-0.4, -0.2) is 35.7 Å². The second-order valence-corrected chi connectivity index (χ2v) is 6.00. The van der Waals surface area contributed by atoms with Crippen molar-refractivity contribution < 1.29 is 0 Å². The highest BCUT2D eigenvalue weighted by molar-refractivity contribution is 5.33. The lowest BCUT2D eigenvalue weighted by atomic mass is 9.95. The molecule has 1 saturated heterocycles. The van der Waals surface area contributed by atoms with E-state index in [0.717, 1.165) is 13.1 Å². The zero-order valence-corrected chi connectivity index (χ0v) is 12.0. The van der Waals surface area contributed by atoms with Crippen LogP contribution in [0.15, 0.2) is 12.4 Å². The summed E-state index contributed by atoms with van der Waals surface area (Å²) < 4.78 is 2.44. The minimum Gasteiger partial charge on any atom is -0.341 e. The Labute approximate surface area is 116 Å². The van der Waals surface area contributed by atoms with E-state index in [1.165, 1.54) is 50.9 Å². The molecule has 0 bridgehead atoms. The summed E-state index contributed by atoms with van der Waals surface area (Å²) in [4.78, 5) is 7.12. The van der Waals surface area contributed by atoms with Crippen LogP contribution < -0.4 is 10.2 Å². The lowest BCUT2D eigenvalue weighted by Crippen LogP contribution is -2.45. The first-order valence-electron chi connectivity index (χ1n) is 7.83. The number of hydrogen-bond donors (Lipinski definition) is 1. The average Bonchev–Trinajstić information content (AvgIpc) is 2.98. The zero-order valence-electron chi connectivity index (χ0n) is 12.0. The van der Waals surface area contributed by atoms with Gasteiger partial charge in [0.1, 0.15) is 0 Å². The van der Waals surface area contributed by atoms with Crippen LogP contribution in [0.3, 0.4) is 0 Å². The Morgan fingerprint density at radius 1 is 1.16 bits per heavy atom. The van der Waals surface area contributed by atoms with Crippen LogP contribution in [0.4, 0.5) is 5.95 Å². The van der Waals surface area contributed by atoms with Crippen LogP contribution in [0.1, 0.15) is 51.0 Å². The number of anilines is 1. The summed E-state index contributed by atoms with van der Waals surface area (Å²) in [7, 11) is 2.07. The lowest BCUT2D eigenvalue weighted by molar-refractivity contribution is 0.349. The molecule has 0 radical (unpaired) electrons. The topological polar surface area (TPSA) is 33.1 Å². The molecule has 2 heterocycles. The zero-order chi connectivity index (χ0) is 13.1. The number of rotatable bonds is 3. The Hall–Kier alpha value is -1.03. The van der Waals surface area contributed by atoms with E-state index in [4.69, 9.17) is 0 Å². The average molecular weight is 262 g/mol. The largest absolute Gasteiger partial charge is 0.341 e. The van der Waals surface area contributed by atoms with Crippen molar-refractivity contribution in [2.45, 2.75) is 57.0 Å². The third-order valence-electron chi connectivity index (χ3n) is 4.73. The quantitative estimate of drug-likeness (QED) is 0.909. The van der Waals surface area contributed by atoms with Crippen molar-refractivity contribution in [3.05, 3.63) is 12.4 Å². The maximum Gasteiger partial charge on any atom is 0.205 e. The lowest BCUT2D eigenvalue weighted by Gasteiger charge is -2.35. The highest BCUT2D eigenvalue weighted by Gasteiger charge is 2.24. The fourth-order valence-corrected chi connectivity index (χ4v) is 3.59. The molecule has 1 aliphatic carbocycles. The maximum absolute atomic E-state index is 4.64. The maximum atomic E-state index is 4.64. The van der Waals surface area contributed by atoms with Gasteiger partial charge >= 0.3 is 0 Å². The van der Waals surface area contributed by atoms with Crippen LogP contribution >= 0.6 is 0 Å². The van der Waals surface area contributed by atoms with Gasteiger partial charge in [0.2, 0.25) is 5.95 Å². The monoisotopic (exact) mass is 262 g/mol. The standard InChI is InChI=1S/C15H26N4/c1-16-13-6-5-10-18(12-13)15-17-9-11-19(15)14-7-3-2-4-8-14/h9,11,13-14,16H,2-8,10,12H2,1H3. The van der Waals surface area contributed by atoms with Crippen molar-refractivity contribution in [2.75, 3.05) is 25.0 Å². The summed E-state index contributed by atoms with van der Waals surface area (Å²) in [6.45, 7) is 2.25. The predicted molar refractivity (Wildman–Crippen MR) is 78.6 cm³/mol. The number of hydrogen-bond acceptors (Lipinski definition) is 3. The summed E-state index contributed by atoms with van der Waals surface area (Å²) in [6, 6.07) is 1.30. The number of likely N-dealkylation sites (N-methyl/N-ethyl adjacent to an activating group) is 1. The summed E-state index contributed by atoms with van der Waals surface area (Å²) in [5.41, 5.74) is 0. The van der Waals surface area contributed by atoms with Gasteiger partial charge < -0.3 is 14.8 Å². The Morgan fingerprint density at radius 3 is 2.79 bits per heavy atom. The summed E-state index contributed by atoms with van der Waals surface area (Å²) in [6.07, 6.45) is 13.5. The van der Waals surface area contributed by atoms with Crippen LogP contribution in [0.5, 0.6) is 0 Å². The van der Waals surface area contributed by atoms with Crippen LogP contribution in [0.2, 0.25) is 0 Å². The van der Waals surface area contributed by atoms with Crippen LogP contribution in [-0.2, 0) is 0 Å². The van der Waals surface area contributed by atoms with Crippen molar-refractivity contribution in [3.63, 3.8) is 0 Å². The van der Waals surface area contributed by atoms with E-state index >= 15 is 0 Å². The smallest absolute Gasteiger partial charge is 0.205 e. The van der Waals surface area contributed by atoms with Crippen molar-refractivity contribution >= 4 is 5.95 Å². The molecule has 4 heteroatoms. The SMILES string of the molecule is CNC1CCCN(c2nccn2C2CCCCC2)C1. The molecule has 1 saturated carbocycles. The molecule has 4 nitrogen and oxygen atoms in total. The number of imidazole rings is 1. The fourth-order valence-electron chi connectivity index (χ4n) is 3.59. The second-order valence-electron chi connectivity index (χ2n) is 6.00. The normalized spacial score (nSPS) is 25.7. The Kier molecular flexibility index (Phi) is 4.06. The van der Waals surface area contributed by atoms with Gasteiger partial charge in [-0.2, -0.15) is 0 Å². The van der Waals surface area contributed by atoms with Gasteiger partial charge in [0.05, 0.1) is 0 Å². The highest BCUT2D eigenvalue weighted by atomic mass is 15.3. The Bertz CT molecular complexity index is 395. The van der Waals surface area contributed by atoms with E-state index in [0.29, 0.717) is 12.1 Å². The molecule has 1 unspecified atom stereocenters. The number of piperidine rings is 1. The minimum absolute atomic E-state index is 0.616. The first-order valence-corrected chi connectivity index (χ1v) is 7.83. The van der Waals surface area contributed by atoms with Gasteiger partial charge in [-0.15, -0.1) is 0 Å². The van der Waals surface area contributed by atoms with E-state index in [1.807, 2.05) is 6.20 Å². The van der Waals surface area contributed by atoms with Gasteiger partial charge in [0, 0.05) is 37.6 Å². The van der Waals surface area contributed by atoms with Gasteiger partial charge in [-0.05, 0) is 32.7 Å². The molecule has 0 spiro atoms. The number of aromatic nitrogens is 2. The first kappa shape index (κ1) is 13.0. The molecule has 1 atom stereocenters. The van der Waals surface area contributed by atoms with Gasteiger partial charge in [0.15, 0.2) is 0 Å². The molecule has 3 rings (SSSR count). The Morgan fingerprint density at radius 2 is 2.00 bits per heavy atom.